The molecule has 0 aliphatic carbocycles. The lowest BCUT2D eigenvalue weighted by Crippen LogP contribution is -1.87. The first-order valence-corrected chi connectivity index (χ1v) is 5.67. The minimum absolute atomic E-state index is 0.761. The van der Waals surface area contributed by atoms with Crippen molar-refractivity contribution in [1.29, 1.82) is 0 Å². The van der Waals surface area contributed by atoms with Crippen LogP contribution < -0.4 is 0 Å². The lowest BCUT2D eigenvalue weighted by Gasteiger charge is -2.08. The number of carbonyl (C=O) groups is 1. The Balaban J connectivity index is 2.61. The molecule has 0 spiro atoms. The third-order valence-electron chi connectivity index (χ3n) is 3.27. The molecule has 1 nitrogen and oxygen atoms in total. The molecule has 0 saturated carbocycles. The van der Waals surface area contributed by atoms with Crippen LogP contribution in [0.3, 0.4) is 0 Å². The lowest BCUT2D eigenvalue weighted by molar-refractivity contribution is 0.112. The van der Waals surface area contributed by atoms with Crippen LogP contribution >= 0.6 is 0 Å². The number of fused-ring (bicyclic) bond motifs is 3. The van der Waals surface area contributed by atoms with Crippen LogP contribution in [0.2, 0.25) is 0 Å². The number of aryl methyl sites for hydroxylation is 1. The Morgan fingerprint density at radius 1 is 0.824 bits per heavy atom. The predicted molar refractivity (Wildman–Crippen MR) is 71.6 cm³/mol. The van der Waals surface area contributed by atoms with Gasteiger partial charge in [-0.3, -0.25) is 4.79 Å². The molecule has 82 valence electrons. The van der Waals surface area contributed by atoms with E-state index in [1.54, 1.807) is 0 Å². The maximum atomic E-state index is 11.1. The highest BCUT2D eigenvalue weighted by Crippen LogP contribution is 2.29. The van der Waals surface area contributed by atoms with Crippen LogP contribution in [-0.4, -0.2) is 6.29 Å². The number of rotatable bonds is 1. The topological polar surface area (TPSA) is 17.1 Å². The molecule has 0 N–H and O–H groups in total. The second kappa shape index (κ2) is 3.70. The van der Waals surface area contributed by atoms with Gasteiger partial charge in [-0.05, 0) is 34.0 Å². The first-order chi connectivity index (χ1) is 8.31. The van der Waals surface area contributed by atoms with Crippen LogP contribution in [0.15, 0.2) is 48.5 Å². The van der Waals surface area contributed by atoms with Gasteiger partial charge in [0.1, 0.15) is 0 Å². The third-order valence-corrected chi connectivity index (χ3v) is 3.27. The van der Waals surface area contributed by atoms with Gasteiger partial charge in [0.2, 0.25) is 0 Å². The fourth-order valence-corrected chi connectivity index (χ4v) is 2.44. The van der Waals surface area contributed by atoms with Crippen molar-refractivity contribution in [3.05, 3.63) is 59.7 Å². The predicted octanol–water partition coefficient (Wildman–Crippen LogP) is 4.11. The molecule has 0 aliphatic heterocycles. The average molecular weight is 220 g/mol. The summed E-state index contributed by atoms with van der Waals surface area (Å²) < 4.78 is 0. The average Bonchev–Trinajstić information content (AvgIpc) is 2.39. The summed E-state index contributed by atoms with van der Waals surface area (Å²) in [6.45, 7) is 2.09. The van der Waals surface area contributed by atoms with Crippen LogP contribution in [0.5, 0.6) is 0 Å². The number of hydrogen-bond acceptors (Lipinski definition) is 1. The van der Waals surface area contributed by atoms with Crippen LogP contribution in [0, 0.1) is 6.92 Å². The van der Waals surface area contributed by atoms with Crippen molar-refractivity contribution in [3.63, 3.8) is 0 Å². The van der Waals surface area contributed by atoms with E-state index >= 15 is 0 Å². The van der Waals surface area contributed by atoms with Crippen molar-refractivity contribution in [2.45, 2.75) is 6.92 Å². The molecule has 0 saturated heterocycles. The highest BCUT2D eigenvalue weighted by molar-refractivity contribution is 6.13. The molecule has 0 amide bonds. The standard InChI is InChI=1S/C16H12O/c1-11-9-16-12(10-17)5-4-8-15(16)14-7-3-2-6-13(11)14/h2-10H,1H3. The quantitative estimate of drug-likeness (QED) is 0.445. The minimum Gasteiger partial charge on any atom is -0.298 e. The monoisotopic (exact) mass is 220 g/mol. The van der Waals surface area contributed by atoms with Crippen molar-refractivity contribution in [1.82, 2.24) is 0 Å². The maximum absolute atomic E-state index is 11.1. The highest BCUT2D eigenvalue weighted by Gasteiger charge is 2.05. The third kappa shape index (κ3) is 1.43. The zero-order chi connectivity index (χ0) is 11.8. The summed E-state index contributed by atoms with van der Waals surface area (Å²) in [5, 5.41) is 4.66. The van der Waals surface area contributed by atoms with Gasteiger partial charge in [-0.25, -0.2) is 0 Å². The maximum Gasteiger partial charge on any atom is 0.150 e. The summed E-state index contributed by atoms with van der Waals surface area (Å²) in [4.78, 5) is 11.1. The van der Waals surface area contributed by atoms with E-state index in [0.29, 0.717) is 0 Å². The van der Waals surface area contributed by atoms with E-state index in [2.05, 4.69) is 31.2 Å². The van der Waals surface area contributed by atoms with E-state index < -0.39 is 0 Å². The summed E-state index contributed by atoms with van der Waals surface area (Å²) in [5.41, 5.74) is 1.97. The van der Waals surface area contributed by atoms with E-state index in [9.17, 15) is 4.79 Å². The molecule has 0 atom stereocenters. The SMILES string of the molecule is Cc1cc2c(C=O)cccc2c2ccccc12. The van der Waals surface area contributed by atoms with Gasteiger partial charge in [-0.15, -0.1) is 0 Å². The zero-order valence-electron chi connectivity index (χ0n) is 9.60. The molecule has 3 aromatic rings. The van der Waals surface area contributed by atoms with Crippen molar-refractivity contribution in [2.75, 3.05) is 0 Å². The number of carbonyl (C=O) groups excluding carboxylic acids is 1. The molecule has 3 rings (SSSR count). The largest absolute Gasteiger partial charge is 0.298 e. The van der Waals surface area contributed by atoms with E-state index in [1.807, 2.05) is 24.3 Å². The van der Waals surface area contributed by atoms with Crippen molar-refractivity contribution < 1.29 is 4.79 Å². The van der Waals surface area contributed by atoms with Crippen LogP contribution in [0.1, 0.15) is 15.9 Å². The van der Waals surface area contributed by atoms with Gasteiger partial charge >= 0.3 is 0 Å². The van der Waals surface area contributed by atoms with Crippen molar-refractivity contribution >= 4 is 27.8 Å². The molecule has 0 heterocycles. The Bertz CT molecular complexity index is 726. The van der Waals surface area contributed by atoms with Crippen LogP contribution in [0.4, 0.5) is 0 Å². The second-order valence-corrected chi connectivity index (χ2v) is 4.30. The first-order valence-electron chi connectivity index (χ1n) is 5.67. The fourth-order valence-electron chi connectivity index (χ4n) is 2.44. The molecule has 0 radical (unpaired) electrons. The van der Waals surface area contributed by atoms with Gasteiger partial charge in [0, 0.05) is 5.56 Å². The lowest BCUT2D eigenvalue weighted by atomic mass is 9.95. The molecular weight excluding hydrogens is 208 g/mol. The molecular formula is C16H12O. The van der Waals surface area contributed by atoms with E-state index in [4.69, 9.17) is 0 Å². The summed E-state index contributed by atoms with van der Waals surface area (Å²) >= 11 is 0. The molecule has 0 fully saturated rings. The Hall–Kier alpha value is -2.15. The summed E-state index contributed by atoms with van der Waals surface area (Å²) in [5.74, 6) is 0. The summed E-state index contributed by atoms with van der Waals surface area (Å²) in [7, 11) is 0. The number of benzene rings is 3. The Morgan fingerprint density at radius 2 is 1.47 bits per heavy atom. The Morgan fingerprint density at radius 3 is 2.24 bits per heavy atom. The highest BCUT2D eigenvalue weighted by atomic mass is 16.1. The van der Waals surface area contributed by atoms with Gasteiger partial charge < -0.3 is 0 Å². The smallest absolute Gasteiger partial charge is 0.150 e. The Labute approximate surface area is 99.7 Å². The minimum atomic E-state index is 0.761. The van der Waals surface area contributed by atoms with Gasteiger partial charge in [-0.1, -0.05) is 48.5 Å². The zero-order valence-corrected chi connectivity index (χ0v) is 9.60. The van der Waals surface area contributed by atoms with Gasteiger partial charge in [-0.2, -0.15) is 0 Å². The molecule has 17 heavy (non-hydrogen) atoms. The molecule has 0 bridgehead atoms. The first kappa shape index (κ1) is 10.0. The number of hydrogen-bond donors (Lipinski definition) is 0. The van der Waals surface area contributed by atoms with Gasteiger partial charge in [0.25, 0.3) is 0 Å². The molecule has 3 aromatic carbocycles. The van der Waals surface area contributed by atoms with Crippen LogP contribution in [0.25, 0.3) is 21.5 Å². The molecule has 0 aromatic heterocycles. The fraction of sp³-hybridized carbons (Fsp3) is 0.0625. The second-order valence-electron chi connectivity index (χ2n) is 4.30. The van der Waals surface area contributed by atoms with E-state index in [0.717, 1.165) is 22.6 Å². The van der Waals surface area contributed by atoms with Crippen molar-refractivity contribution in [3.8, 4) is 0 Å². The summed E-state index contributed by atoms with van der Waals surface area (Å²) in [6, 6.07) is 16.3. The van der Waals surface area contributed by atoms with E-state index in [-0.39, 0.29) is 0 Å². The van der Waals surface area contributed by atoms with Crippen LogP contribution in [-0.2, 0) is 0 Å². The molecule has 0 aliphatic rings. The molecule has 1 heteroatoms. The summed E-state index contributed by atoms with van der Waals surface area (Å²) in [6.07, 6.45) is 0.927. The molecule has 0 unspecified atom stereocenters. The van der Waals surface area contributed by atoms with E-state index in [1.165, 1.54) is 16.3 Å². The van der Waals surface area contributed by atoms with Crippen molar-refractivity contribution in [2.24, 2.45) is 0 Å². The van der Waals surface area contributed by atoms with Gasteiger partial charge in [0.15, 0.2) is 6.29 Å². The number of aldehydes is 1. The van der Waals surface area contributed by atoms with Gasteiger partial charge in [0.05, 0.1) is 0 Å². The normalized spacial score (nSPS) is 10.9. The Kier molecular flexibility index (Phi) is 2.19.